The Morgan fingerprint density at radius 3 is 1.85 bits per heavy atom. The Labute approximate surface area is 157 Å². The van der Waals surface area contributed by atoms with E-state index in [9.17, 15) is 4.79 Å². The summed E-state index contributed by atoms with van der Waals surface area (Å²) in [5.41, 5.74) is 4.92. The molecule has 2 fully saturated rings. The van der Waals surface area contributed by atoms with E-state index in [-0.39, 0.29) is 17.2 Å². The summed E-state index contributed by atoms with van der Waals surface area (Å²) in [4.78, 5) is 13.1. The van der Waals surface area contributed by atoms with Crippen molar-refractivity contribution in [2.24, 2.45) is 5.92 Å². The minimum Gasteiger partial charge on any atom is -0.353 e. The van der Waals surface area contributed by atoms with Gasteiger partial charge in [-0.15, -0.1) is 0 Å². The van der Waals surface area contributed by atoms with Crippen molar-refractivity contribution in [1.82, 2.24) is 5.32 Å². The average Bonchev–Trinajstić information content (AvgIpc) is 3.41. The van der Waals surface area contributed by atoms with Crippen molar-refractivity contribution < 1.29 is 4.79 Å². The number of nitrogens with one attached hydrogen (secondary N) is 1. The minimum absolute atomic E-state index is 0.0508. The highest BCUT2D eigenvalue weighted by atomic mass is 16.2. The number of carbonyl (C=O) groups excluding carboxylic acids is 1. The summed E-state index contributed by atoms with van der Waals surface area (Å²) in [6, 6.07) is 17.9. The van der Waals surface area contributed by atoms with Crippen LogP contribution >= 0.6 is 0 Å². The van der Waals surface area contributed by atoms with Gasteiger partial charge in [-0.1, -0.05) is 78.9 Å². The van der Waals surface area contributed by atoms with Crippen molar-refractivity contribution in [2.75, 3.05) is 0 Å². The van der Waals surface area contributed by atoms with Gasteiger partial charge in [-0.25, -0.2) is 0 Å². The van der Waals surface area contributed by atoms with E-state index in [0.717, 1.165) is 19.3 Å². The van der Waals surface area contributed by atoms with Crippen LogP contribution in [0.1, 0.15) is 60.8 Å². The van der Waals surface area contributed by atoms with Crippen LogP contribution in [0.4, 0.5) is 0 Å². The largest absolute Gasteiger partial charge is 0.353 e. The normalized spacial score (nSPS) is 22.0. The highest BCUT2D eigenvalue weighted by molar-refractivity contribution is 5.86. The van der Waals surface area contributed by atoms with Crippen LogP contribution in [0.2, 0.25) is 0 Å². The van der Waals surface area contributed by atoms with Gasteiger partial charge in [0.15, 0.2) is 0 Å². The molecule has 2 aromatic carbocycles. The molecule has 136 valence electrons. The molecule has 0 saturated heterocycles. The van der Waals surface area contributed by atoms with Crippen molar-refractivity contribution in [2.45, 2.75) is 63.8 Å². The second kappa shape index (κ2) is 6.90. The van der Waals surface area contributed by atoms with Gasteiger partial charge in [0, 0.05) is 11.5 Å². The Morgan fingerprint density at radius 2 is 1.35 bits per heavy atom. The molecule has 1 amide bonds. The highest BCUT2D eigenvalue weighted by Crippen LogP contribution is 2.59. The molecule has 2 aliphatic carbocycles. The van der Waals surface area contributed by atoms with E-state index in [1.54, 1.807) is 0 Å². The fourth-order valence-corrected chi connectivity index (χ4v) is 4.63. The van der Waals surface area contributed by atoms with Gasteiger partial charge < -0.3 is 5.32 Å². The van der Waals surface area contributed by atoms with Gasteiger partial charge in [0.1, 0.15) is 0 Å². The van der Waals surface area contributed by atoms with E-state index in [4.69, 9.17) is 0 Å². The maximum absolute atomic E-state index is 13.1. The number of aryl methyl sites for hydroxylation is 2. The molecule has 1 unspecified atom stereocenters. The molecule has 0 aliphatic heterocycles. The molecular weight excluding hydrogens is 318 g/mol. The lowest BCUT2D eigenvalue weighted by molar-refractivity contribution is -0.123. The van der Waals surface area contributed by atoms with Gasteiger partial charge in [0.2, 0.25) is 5.91 Å². The number of hydrogen-bond acceptors (Lipinski definition) is 1. The molecule has 1 N–H and O–H groups in total. The van der Waals surface area contributed by atoms with E-state index in [2.05, 4.69) is 67.7 Å². The van der Waals surface area contributed by atoms with Crippen LogP contribution in [-0.4, -0.2) is 11.9 Å². The summed E-state index contributed by atoms with van der Waals surface area (Å²) in [5, 5.41) is 3.36. The third-order valence-electron chi connectivity index (χ3n) is 6.36. The molecular formula is C24H29NO. The van der Waals surface area contributed by atoms with Crippen molar-refractivity contribution in [3.05, 3.63) is 70.8 Å². The van der Waals surface area contributed by atoms with Gasteiger partial charge in [-0.2, -0.15) is 0 Å². The van der Waals surface area contributed by atoms with E-state index >= 15 is 0 Å². The van der Waals surface area contributed by atoms with Crippen LogP contribution in [-0.2, 0) is 10.2 Å². The van der Waals surface area contributed by atoms with Gasteiger partial charge in [-0.3, -0.25) is 4.79 Å². The molecule has 0 spiro atoms. The molecule has 2 heteroatoms. The van der Waals surface area contributed by atoms with E-state index < -0.39 is 0 Å². The maximum Gasteiger partial charge on any atom is 0.224 e. The van der Waals surface area contributed by atoms with Crippen LogP contribution in [0, 0.1) is 19.8 Å². The Balaban J connectivity index is 1.61. The lowest BCUT2D eigenvalue weighted by Crippen LogP contribution is -2.38. The lowest BCUT2D eigenvalue weighted by Gasteiger charge is -2.24. The summed E-state index contributed by atoms with van der Waals surface area (Å²) in [5.74, 6) is 0.299. The number of amides is 1. The summed E-state index contributed by atoms with van der Waals surface area (Å²) in [7, 11) is 0. The summed E-state index contributed by atoms with van der Waals surface area (Å²) >= 11 is 0. The number of carbonyl (C=O) groups is 1. The molecule has 0 heterocycles. The van der Waals surface area contributed by atoms with Crippen LogP contribution in [0.5, 0.6) is 0 Å². The Hall–Kier alpha value is -2.09. The van der Waals surface area contributed by atoms with Crippen LogP contribution in [0.15, 0.2) is 48.5 Å². The van der Waals surface area contributed by atoms with Crippen molar-refractivity contribution in [3.8, 4) is 0 Å². The first kappa shape index (κ1) is 17.3. The zero-order chi connectivity index (χ0) is 18.1. The Kier molecular flexibility index (Phi) is 4.60. The predicted molar refractivity (Wildman–Crippen MR) is 106 cm³/mol. The standard InChI is InChI=1S/C24H29NO/c1-17-8-12-19(13-9-17)24(20-14-10-18(2)11-15-20)16-22(24)23(26)25-21-6-4-3-5-7-21/h8-15,21-22H,3-7,16H2,1-2H3,(H,25,26). The molecule has 1 atom stereocenters. The van der Waals surface area contributed by atoms with Gasteiger partial charge >= 0.3 is 0 Å². The molecule has 0 radical (unpaired) electrons. The monoisotopic (exact) mass is 347 g/mol. The third-order valence-corrected chi connectivity index (χ3v) is 6.36. The molecule has 4 rings (SSSR count). The second-order valence-corrected chi connectivity index (χ2v) is 8.30. The fraction of sp³-hybridized carbons (Fsp3) is 0.458. The number of hydrogen-bond donors (Lipinski definition) is 1. The first-order valence-corrected chi connectivity index (χ1v) is 10.0. The zero-order valence-corrected chi connectivity index (χ0v) is 15.9. The molecule has 26 heavy (non-hydrogen) atoms. The zero-order valence-electron chi connectivity index (χ0n) is 15.9. The lowest BCUT2D eigenvalue weighted by atomic mass is 9.84. The van der Waals surface area contributed by atoms with Gasteiger partial charge in [-0.05, 0) is 44.2 Å². The van der Waals surface area contributed by atoms with E-state index in [1.807, 2.05) is 0 Å². The van der Waals surface area contributed by atoms with Crippen molar-refractivity contribution >= 4 is 5.91 Å². The minimum atomic E-state index is -0.153. The Bertz CT molecular complexity index is 723. The topological polar surface area (TPSA) is 29.1 Å². The summed E-state index contributed by atoms with van der Waals surface area (Å²) in [6.45, 7) is 4.23. The summed E-state index contributed by atoms with van der Waals surface area (Å²) in [6.07, 6.45) is 7.00. The second-order valence-electron chi connectivity index (χ2n) is 8.30. The van der Waals surface area contributed by atoms with Crippen molar-refractivity contribution in [3.63, 3.8) is 0 Å². The number of benzene rings is 2. The molecule has 0 aromatic heterocycles. The van der Waals surface area contributed by atoms with Crippen LogP contribution in [0.25, 0.3) is 0 Å². The van der Waals surface area contributed by atoms with E-state index in [0.29, 0.717) is 6.04 Å². The quantitative estimate of drug-likeness (QED) is 0.823. The maximum atomic E-state index is 13.1. The SMILES string of the molecule is Cc1ccc(C2(c3ccc(C)cc3)CC2C(=O)NC2CCCCC2)cc1. The Morgan fingerprint density at radius 1 is 0.846 bits per heavy atom. The van der Waals surface area contributed by atoms with Gasteiger partial charge in [0.05, 0.1) is 5.92 Å². The first-order chi connectivity index (χ1) is 12.6. The third kappa shape index (κ3) is 3.18. The molecule has 2 aliphatic rings. The van der Waals surface area contributed by atoms with Crippen LogP contribution in [0.3, 0.4) is 0 Å². The smallest absolute Gasteiger partial charge is 0.224 e. The fourth-order valence-electron chi connectivity index (χ4n) is 4.63. The number of rotatable bonds is 4. The predicted octanol–water partition coefficient (Wildman–Crippen LogP) is 5.06. The van der Waals surface area contributed by atoms with Crippen LogP contribution < -0.4 is 5.32 Å². The van der Waals surface area contributed by atoms with E-state index in [1.165, 1.54) is 41.5 Å². The molecule has 2 nitrogen and oxygen atoms in total. The summed E-state index contributed by atoms with van der Waals surface area (Å²) < 4.78 is 0. The first-order valence-electron chi connectivity index (χ1n) is 10.0. The molecule has 0 bridgehead atoms. The molecule has 2 aromatic rings. The molecule has 2 saturated carbocycles. The van der Waals surface area contributed by atoms with Crippen molar-refractivity contribution in [1.29, 1.82) is 0 Å². The average molecular weight is 348 g/mol. The van der Waals surface area contributed by atoms with Gasteiger partial charge in [0.25, 0.3) is 0 Å². The highest BCUT2D eigenvalue weighted by Gasteiger charge is 2.60.